The summed E-state index contributed by atoms with van der Waals surface area (Å²) in [5.41, 5.74) is 0. The van der Waals surface area contributed by atoms with Crippen LogP contribution in [-0.2, 0) is 4.74 Å². The van der Waals surface area contributed by atoms with Gasteiger partial charge in [-0.15, -0.1) is 0 Å². The van der Waals surface area contributed by atoms with Crippen LogP contribution in [0.1, 0.15) is 0 Å². The maximum atomic E-state index is 4.83. The zero-order valence-corrected chi connectivity index (χ0v) is 5.79. The molecule has 0 aliphatic rings. The first-order chi connectivity index (χ1) is 3.27. The number of thiol groups is 2. The molecule has 0 aromatic rings. The molecule has 7 heavy (non-hydrogen) atoms. The van der Waals surface area contributed by atoms with Crippen molar-refractivity contribution in [2.75, 3.05) is 13.2 Å². The molecule has 0 saturated carbocycles. The molecule has 0 saturated heterocycles. The molecule has 0 aromatic carbocycles. The Balaban J connectivity index is 2.68. The molecule has 0 amide bonds. The van der Waals surface area contributed by atoms with Gasteiger partial charge in [-0.3, -0.25) is 0 Å². The molecular weight excluding hydrogens is 128 g/mol. The van der Waals surface area contributed by atoms with Gasteiger partial charge < -0.3 is 4.74 Å². The van der Waals surface area contributed by atoms with Gasteiger partial charge in [0, 0.05) is 6.61 Å². The van der Waals surface area contributed by atoms with Crippen molar-refractivity contribution in [3.63, 3.8) is 0 Å². The van der Waals surface area contributed by atoms with Gasteiger partial charge in [-0.2, -0.15) is 25.3 Å². The van der Waals surface area contributed by atoms with Gasteiger partial charge in [-0.05, 0) is 6.92 Å². The van der Waals surface area contributed by atoms with Gasteiger partial charge in [0.1, 0.15) is 0 Å². The van der Waals surface area contributed by atoms with Crippen LogP contribution in [-0.4, -0.2) is 17.8 Å². The average Bonchev–Trinajstić information content (AvgIpc) is 1.61. The van der Waals surface area contributed by atoms with E-state index < -0.39 is 0 Å². The highest BCUT2D eigenvalue weighted by Gasteiger charge is 1.90. The van der Waals surface area contributed by atoms with Crippen molar-refractivity contribution in [3.05, 3.63) is 6.92 Å². The summed E-state index contributed by atoms with van der Waals surface area (Å²) < 4.78 is 4.86. The summed E-state index contributed by atoms with van der Waals surface area (Å²) in [7, 11) is 0. The molecule has 0 bridgehead atoms. The van der Waals surface area contributed by atoms with E-state index in [2.05, 4.69) is 32.2 Å². The second-order valence-electron chi connectivity index (χ2n) is 1.06. The van der Waals surface area contributed by atoms with Crippen molar-refractivity contribution in [3.8, 4) is 0 Å². The van der Waals surface area contributed by atoms with Gasteiger partial charge in [-0.1, -0.05) is 0 Å². The smallest absolute Gasteiger partial charge is 0.0675 e. The first-order valence-electron chi connectivity index (χ1n) is 2.00. The highest BCUT2D eigenvalue weighted by atomic mass is 32.2. The summed E-state index contributed by atoms with van der Waals surface area (Å²) in [6.45, 7) is 4.53. The molecular formula is C4H9OS2. The molecule has 0 rings (SSSR count). The summed E-state index contributed by atoms with van der Waals surface area (Å²) >= 11 is 7.89. The molecule has 0 aliphatic carbocycles. The lowest BCUT2D eigenvalue weighted by Crippen LogP contribution is -2.00. The lowest BCUT2D eigenvalue weighted by Gasteiger charge is -2.00. The van der Waals surface area contributed by atoms with Crippen LogP contribution in [0.2, 0.25) is 0 Å². The molecule has 0 fully saturated rings. The standard InChI is InChI=1S/C4H9OS2/c1-2-5-3-4(6)7/h4,6-7H,1-3H2. The topological polar surface area (TPSA) is 9.23 Å². The SMILES string of the molecule is [CH2]COCC(S)S. The first-order valence-corrected chi connectivity index (χ1v) is 3.03. The third kappa shape index (κ3) is 6.66. The molecule has 0 aromatic heterocycles. The number of hydrogen-bond acceptors (Lipinski definition) is 3. The van der Waals surface area contributed by atoms with Gasteiger partial charge in [0.05, 0.1) is 11.2 Å². The Morgan fingerprint density at radius 2 is 2.14 bits per heavy atom. The quantitative estimate of drug-likeness (QED) is 0.436. The molecule has 0 unspecified atom stereocenters. The normalized spacial score (nSPS) is 10.3. The van der Waals surface area contributed by atoms with E-state index in [4.69, 9.17) is 4.74 Å². The van der Waals surface area contributed by atoms with E-state index in [-0.39, 0.29) is 4.58 Å². The maximum Gasteiger partial charge on any atom is 0.0675 e. The Labute approximate surface area is 55.3 Å². The van der Waals surface area contributed by atoms with Crippen LogP contribution in [0.5, 0.6) is 0 Å². The number of ether oxygens (including phenoxy) is 1. The van der Waals surface area contributed by atoms with Crippen LogP contribution in [0, 0.1) is 6.92 Å². The summed E-state index contributed by atoms with van der Waals surface area (Å²) in [6, 6.07) is 0. The third-order valence-corrected chi connectivity index (χ3v) is 0.709. The van der Waals surface area contributed by atoms with Crippen LogP contribution < -0.4 is 0 Å². The predicted octanol–water partition coefficient (Wildman–Crippen LogP) is 1.02. The molecule has 1 radical (unpaired) electrons. The first kappa shape index (κ1) is 7.66. The summed E-state index contributed by atoms with van der Waals surface area (Å²) in [4.78, 5) is 0. The van der Waals surface area contributed by atoms with Crippen molar-refractivity contribution in [1.82, 2.24) is 0 Å². The summed E-state index contributed by atoms with van der Waals surface area (Å²) in [5.74, 6) is 0. The molecule has 0 heterocycles. The molecule has 1 nitrogen and oxygen atoms in total. The molecule has 3 heteroatoms. The van der Waals surface area contributed by atoms with Crippen LogP contribution in [0.15, 0.2) is 0 Å². The van der Waals surface area contributed by atoms with E-state index in [1.807, 2.05) is 0 Å². The van der Waals surface area contributed by atoms with Gasteiger partial charge in [0.15, 0.2) is 0 Å². The van der Waals surface area contributed by atoms with Crippen LogP contribution in [0.4, 0.5) is 0 Å². The zero-order valence-electron chi connectivity index (χ0n) is 4.00. The van der Waals surface area contributed by atoms with E-state index in [0.29, 0.717) is 13.2 Å². The Bertz CT molecular complexity index is 38.7. The fourth-order valence-electron chi connectivity index (χ4n) is 0.189. The Hall–Kier alpha value is 0.660. The number of rotatable bonds is 3. The van der Waals surface area contributed by atoms with Crippen LogP contribution in [0.25, 0.3) is 0 Å². The molecule has 43 valence electrons. The second kappa shape index (κ2) is 4.81. The third-order valence-electron chi connectivity index (χ3n) is 0.411. The number of hydrogen-bond donors (Lipinski definition) is 2. The summed E-state index contributed by atoms with van der Waals surface area (Å²) in [5, 5.41) is 0. The maximum absolute atomic E-state index is 4.83. The highest BCUT2D eigenvalue weighted by Crippen LogP contribution is 1.98. The lowest BCUT2D eigenvalue weighted by atomic mass is 10.8. The molecule has 0 N–H and O–H groups in total. The minimum absolute atomic E-state index is 0.0294. The molecule has 0 aliphatic heterocycles. The summed E-state index contributed by atoms with van der Waals surface area (Å²) in [6.07, 6.45) is 0. The van der Waals surface area contributed by atoms with Crippen LogP contribution >= 0.6 is 25.3 Å². The van der Waals surface area contributed by atoms with Crippen molar-refractivity contribution >= 4 is 25.3 Å². The van der Waals surface area contributed by atoms with Gasteiger partial charge in [0.25, 0.3) is 0 Å². The highest BCUT2D eigenvalue weighted by molar-refractivity contribution is 7.99. The fraction of sp³-hybridized carbons (Fsp3) is 0.750. The van der Waals surface area contributed by atoms with Crippen molar-refractivity contribution < 1.29 is 4.74 Å². The lowest BCUT2D eigenvalue weighted by molar-refractivity contribution is 0.175. The molecule has 0 spiro atoms. The Kier molecular flexibility index (Phi) is 5.26. The largest absolute Gasteiger partial charge is 0.379 e. The fourth-order valence-corrected chi connectivity index (χ4v) is 0.400. The van der Waals surface area contributed by atoms with Gasteiger partial charge >= 0.3 is 0 Å². The van der Waals surface area contributed by atoms with E-state index in [9.17, 15) is 0 Å². The average molecular weight is 137 g/mol. The monoisotopic (exact) mass is 137 g/mol. The van der Waals surface area contributed by atoms with E-state index in [1.165, 1.54) is 0 Å². The van der Waals surface area contributed by atoms with Crippen molar-refractivity contribution in [2.24, 2.45) is 0 Å². The van der Waals surface area contributed by atoms with Crippen molar-refractivity contribution in [2.45, 2.75) is 4.58 Å². The van der Waals surface area contributed by atoms with Gasteiger partial charge in [0.2, 0.25) is 0 Å². The van der Waals surface area contributed by atoms with Gasteiger partial charge in [-0.25, -0.2) is 0 Å². The van der Waals surface area contributed by atoms with E-state index in [1.54, 1.807) is 0 Å². The van der Waals surface area contributed by atoms with Crippen molar-refractivity contribution in [1.29, 1.82) is 0 Å². The van der Waals surface area contributed by atoms with Crippen LogP contribution in [0.3, 0.4) is 0 Å². The molecule has 0 atom stereocenters. The Morgan fingerprint density at radius 1 is 1.57 bits per heavy atom. The zero-order chi connectivity index (χ0) is 5.70. The van der Waals surface area contributed by atoms with E-state index in [0.717, 1.165) is 0 Å². The second-order valence-corrected chi connectivity index (χ2v) is 2.71. The Morgan fingerprint density at radius 3 is 2.29 bits per heavy atom. The minimum Gasteiger partial charge on any atom is -0.379 e. The predicted molar refractivity (Wildman–Crippen MR) is 37.9 cm³/mol. The minimum atomic E-state index is 0.0294. The van der Waals surface area contributed by atoms with E-state index >= 15 is 0 Å².